The molecular formula is C33H54N2O2. The van der Waals surface area contributed by atoms with Gasteiger partial charge in [-0.1, -0.05) is 152 Å². The van der Waals surface area contributed by atoms with Gasteiger partial charge in [0.1, 0.15) is 0 Å². The first-order valence-corrected chi connectivity index (χ1v) is 14.6. The maximum atomic E-state index is 10.4. The Kier molecular flexibility index (Phi) is 24.6. The molecule has 2 aromatic rings. The van der Waals surface area contributed by atoms with Gasteiger partial charge in [0.05, 0.1) is 0 Å². The second kappa shape index (κ2) is 26.4. The molecule has 0 spiro atoms. The summed E-state index contributed by atoms with van der Waals surface area (Å²) in [7, 11) is 0. The molecule has 0 fully saturated rings. The Balaban J connectivity index is 0.000000527. The number of amides is 2. The molecule has 4 nitrogen and oxygen atoms in total. The zero-order chi connectivity index (χ0) is 27.4. The molecule has 0 saturated heterocycles. The first kappa shape index (κ1) is 34.4. The molecule has 4 heteroatoms. The van der Waals surface area contributed by atoms with Crippen LogP contribution in [0.25, 0.3) is 0 Å². The summed E-state index contributed by atoms with van der Waals surface area (Å²) in [5.74, 6) is -0.327. The highest BCUT2D eigenvalue weighted by Gasteiger charge is 1.95. The number of primary amides is 2. The molecular weight excluding hydrogens is 456 g/mol. The van der Waals surface area contributed by atoms with Crippen molar-refractivity contribution < 1.29 is 9.59 Å². The van der Waals surface area contributed by atoms with Crippen LogP contribution in [0, 0.1) is 0 Å². The first-order valence-electron chi connectivity index (χ1n) is 14.6. The van der Waals surface area contributed by atoms with E-state index in [1.165, 1.54) is 75.3 Å². The third kappa shape index (κ3) is 26.3. The smallest absolute Gasteiger partial charge is 0.217 e. The summed E-state index contributed by atoms with van der Waals surface area (Å²) in [6, 6.07) is 21.1. The van der Waals surface area contributed by atoms with E-state index < -0.39 is 0 Å². The normalized spacial score (nSPS) is 10.0. The number of hydrogen-bond donors (Lipinski definition) is 2. The third-order valence-electron chi connectivity index (χ3n) is 6.15. The second-order valence-corrected chi connectivity index (χ2v) is 9.82. The van der Waals surface area contributed by atoms with Gasteiger partial charge in [-0.3, -0.25) is 9.59 Å². The monoisotopic (exact) mass is 510 g/mol. The number of nitrogens with two attached hydrogens (primary N) is 2. The molecule has 0 aliphatic heterocycles. The topological polar surface area (TPSA) is 86.2 Å². The molecule has 0 heterocycles. The van der Waals surface area contributed by atoms with Crippen LogP contribution in [0.4, 0.5) is 0 Å². The minimum atomic E-state index is -0.163. The molecule has 4 N–H and O–H groups in total. The van der Waals surface area contributed by atoms with Gasteiger partial charge in [-0.15, -0.1) is 0 Å². The molecule has 208 valence electrons. The van der Waals surface area contributed by atoms with E-state index in [0.29, 0.717) is 12.8 Å². The van der Waals surface area contributed by atoms with Gasteiger partial charge in [-0.2, -0.15) is 0 Å². The van der Waals surface area contributed by atoms with Crippen LogP contribution in [0.1, 0.15) is 128 Å². The molecule has 0 unspecified atom stereocenters. The van der Waals surface area contributed by atoms with E-state index in [1.807, 2.05) is 0 Å². The molecule has 0 aliphatic carbocycles. The fraction of sp³-hybridized carbons (Fsp3) is 0.576. The van der Waals surface area contributed by atoms with Gasteiger partial charge >= 0.3 is 0 Å². The maximum Gasteiger partial charge on any atom is 0.217 e. The van der Waals surface area contributed by atoms with E-state index in [0.717, 1.165) is 32.1 Å². The highest BCUT2D eigenvalue weighted by molar-refractivity contribution is 5.73. The molecule has 0 aromatic heterocycles. The van der Waals surface area contributed by atoms with E-state index in [1.54, 1.807) is 0 Å². The summed E-state index contributed by atoms with van der Waals surface area (Å²) in [5.41, 5.74) is 12.8. The van der Waals surface area contributed by atoms with Crippen LogP contribution >= 0.6 is 0 Å². The van der Waals surface area contributed by atoms with Crippen LogP contribution in [-0.4, -0.2) is 11.8 Å². The van der Waals surface area contributed by atoms with Crippen molar-refractivity contribution in [1.29, 1.82) is 0 Å². The first-order chi connectivity index (χ1) is 18.0. The number of unbranched alkanes of at least 4 members (excludes halogenated alkanes) is 12. The van der Waals surface area contributed by atoms with Crippen molar-refractivity contribution in [3.05, 3.63) is 71.8 Å². The van der Waals surface area contributed by atoms with E-state index in [9.17, 15) is 9.59 Å². The van der Waals surface area contributed by atoms with Crippen LogP contribution in [0.2, 0.25) is 0 Å². The SMILES string of the molecule is CCCCCCCCCC(N)=O.CCCCCCCCCC(N)=O.c1ccc(Cc2ccccc2)cc1. The van der Waals surface area contributed by atoms with Gasteiger partial charge in [0.25, 0.3) is 0 Å². The van der Waals surface area contributed by atoms with Crippen molar-refractivity contribution >= 4 is 11.8 Å². The van der Waals surface area contributed by atoms with Crippen molar-refractivity contribution in [1.82, 2.24) is 0 Å². The van der Waals surface area contributed by atoms with Crippen molar-refractivity contribution in [2.45, 2.75) is 123 Å². The maximum absolute atomic E-state index is 10.4. The molecule has 2 rings (SSSR count). The van der Waals surface area contributed by atoms with Crippen molar-refractivity contribution in [3.63, 3.8) is 0 Å². The second-order valence-electron chi connectivity index (χ2n) is 9.82. The average Bonchev–Trinajstić information content (AvgIpc) is 2.89. The van der Waals surface area contributed by atoms with E-state index in [2.05, 4.69) is 74.5 Å². The number of carbonyl (C=O) groups excluding carboxylic acids is 2. The summed E-state index contributed by atoms with van der Waals surface area (Å²) >= 11 is 0. The predicted molar refractivity (Wildman–Crippen MR) is 159 cm³/mol. The molecule has 2 aromatic carbocycles. The van der Waals surface area contributed by atoms with Gasteiger partial charge in [-0.05, 0) is 30.4 Å². The molecule has 0 aliphatic rings. The van der Waals surface area contributed by atoms with Gasteiger partial charge in [-0.25, -0.2) is 0 Å². The number of benzene rings is 2. The molecule has 0 saturated carbocycles. The molecule has 0 bridgehead atoms. The van der Waals surface area contributed by atoms with Gasteiger partial charge in [0.2, 0.25) is 11.8 Å². The Morgan fingerprint density at radius 2 is 0.784 bits per heavy atom. The van der Waals surface area contributed by atoms with Crippen molar-refractivity contribution in [3.8, 4) is 0 Å². The van der Waals surface area contributed by atoms with Crippen LogP contribution in [0.3, 0.4) is 0 Å². The van der Waals surface area contributed by atoms with Crippen molar-refractivity contribution in [2.24, 2.45) is 11.5 Å². The quantitative estimate of drug-likeness (QED) is 0.197. The zero-order valence-corrected chi connectivity index (χ0v) is 23.8. The Labute approximate surface area is 227 Å². The Hall–Kier alpha value is -2.62. The lowest BCUT2D eigenvalue weighted by Crippen LogP contribution is -2.09. The highest BCUT2D eigenvalue weighted by atomic mass is 16.1. The number of carbonyl (C=O) groups is 2. The summed E-state index contributed by atoms with van der Waals surface area (Å²) in [5, 5.41) is 0. The fourth-order valence-electron chi connectivity index (χ4n) is 3.94. The van der Waals surface area contributed by atoms with Gasteiger partial charge in [0.15, 0.2) is 0 Å². The summed E-state index contributed by atoms with van der Waals surface area (Å²) in [6.45, 7) is 4.43. The standard InChI is InChI=1S/C13H12.2C10H21NO/c1-3-7-12(8-4-1)11-13-9-5-2-6-10-13;2*1-2-3-4-5-6-7-8-9-10(11)12/h1-10H,11H2;2*2-9H2,1H3,(H2,11,12). The molecule has 2 amide bonds. The lowest BCUT2D eigenvalue weighted by molar-refractivity contribution is -0.119. The van der Waals surface area contributed by atoms with Crippen LogP contribution in [-0.2, 0) is 16.0 Å². The van der Waals surface area contributed by atoms with Crippen LogP contribution in [0.5, 0.6) is 0 Å². The Morgan fingerprint density at radius 1 is 0.486 bits per heavy atom. The summed E-state index contributed by atoms with van der Waals surface area (Å²) < 4.78 is 0. The third-order valence-corrected chi connectivity index (χ3v) is 6.15. The summed E-state index contributed by atoms with van der Waals surface area (Å²) in [6.07, 6.45) is 19.5. The average molecular weight is 511 g/mol. The van der Waals surface area contributed by atoms with E-state index in [4.69, 9.17) is 11.5 Å². The van der Waals surface area contributed by atoms with E-state index >= 15 is 0 Å². The minimum absolute atomic E-state index is 0.163. The Bertz CT molecular complexity index is 697. The predicted octanol–water partition coefficient (Wildman–Crippen LogP) is 8.50. The van der Waals surface area contributed by atoms with Crippen LogP contribution < -0.4 is 11.5 Å². The van der Waals surface area contributed by atoms with Gasteiger partial charge < -0.3 is 11.5 Å². The largest absolute Gasteiger partial charge is 0.370 e. The van der Waals surface area contributed by atoms with E-state index in [-0.39, 0.29) is 11.8 Å². The fourth-order valence-corrected chi connectivity index (χ4v) is 3.94. The highest BCUT2D eigenvalue weighted by Crippen LogP contribution is 2.09. The van der Waals surface area contributed by atoms with Gasteiger partial charge in [0, 0.05) is 12.8 Å². The summed E-state index contributed by atoms with van der Waals surface area (Å²) in [4.78, 5) is 20.7. The number of rotatable bonds is 18. The zero-order valence-electron chi connectivity index (χ0n) is 23.8. The minimum Gasteiger partial charge on any atom is -0.370 e. The number of hydrogen-bond acceptors (Lipinski definition) is 2. The molecule has 37 heavy (non-hydrogen) atoms. The lowest BCUT2D eigenvalue weighted by Gasteiger charge is -2.00. The Morgan fingerprint density at radius 3 is 1.08 bits per heavy atom. The molecule has 0 radical (unpaired) electrons. The van der Waals surface area contributed by atoms with Crippen LogP contribution in [0.15, 0.2) is 60.7 Å². The van der Waals surface area contributed by atoms with Crippen molar-refractivity contribution in [2.75, 3.05) is 0 Å². The lowest BCUT2D eigenvalue weighted by atomic mass is 10.1. The molecule has 0 atom stereocenters.